The van der Waals surface area contributed by atoms with Crippen LogP contribution in [0.2, 0.25) is 0 Å². The maximum Gasteiger partial charge on any atom is 0.0719 e. The van der Waals surface area contributed by atoms with Crippen LogP contribution < -0.4 is 5.73 Å². The molecule has 2 unspecified atom stereocenters. The summed E-state index contributed by atoms with van der Waals surface area (Å²) >= 11 is 0. The molecule has 1 rings (SSSR count). The predicted molar refractivity (Wildman–Crippen MR) is 50.8 cm³/mol. The van der Waals surface area contributed by atoms with Gasteiger partial charge in [0.25, 0.3) is 0 Å². The Morgan fingerprint density at radius 2 is 2.25 bits per heavy atom. The van der Waals surface area contributed by atoms with Gasteiger partial charge >= 0.3 is 0 Å². The maximum atomic E-state index is 5.57. The van der Waals surface area contributed by atoms with Crippen molar-refractivity contribution in [2.24, 2.45) is 5.92 Å². The summed E-state index contributed by atoms with van der Waals surface area (Å²) < 4.78 is 1.93. The van der Waals surface area contributed by atoms with E-state index in [1.807, 2.05) is 10.9 Å². The second-order valence-corrected chi connectivity index (χ2v) is 3.38. The molecule has 1 aromatic rings. The average Bonchev–Trinajstić information content (AvgIpc) is 2.49. The van der Waals surface area contributed by atoms with Gasteiger partial charge < -0.3 is 5.73 Å². The van der Waals surface area contributed by atoms with E-state index < -0.39 is 0 Å². The third kappa shape index (κ3) is 1.78. The first-order valence-corrected chi connectivity index (χ1v) is 4.44. The van der Waals surface area contributed by atoms with Gasteiger partial charge in [0.2, 0.25) is 0 Å². The molecule has 2 atom stereocenters. The van der Waals surface area contributed by atoms with Crippen LogP contribution in [0.1, 0.15) is 33.2 Å². The number of hydrogen-bond acceptors (Lipinski definition) is 2. The van der Waals surface area contributed by atoms with Gasteiger partial charge in [0.1, 0.15) is 0 Å². The first kappa shape index (κ1) is 9.10. The molecule has 0 radical (unpaired) electrons. The van der Waals surface area contributed by atoms with Gasteiger partial charge in [-0.3, -0.25) is 4.68 Å². The monoisotopic (exact) mass is 167 g/mol. The highest BCUT2D eigenvalue weighted by atomic mass is 15.3. The summed E-state index contributed by atoms with van der Waals surface area (Å²) in [4.78, 5) is 0. The Bertz CT molecular complexity index is 242. The van der Waals surface area contributed by atoms with E-state index in [0.717, 1.165) is 5.69 Å². The molecule has 0 aliphatic rings. The van der Waals surface area contributed by atoms with Crippen molar-refractivity contribution in [1.82, 2.24) is 9.78 Å². The first-order valence-electron chi connectivity index (χ1n) is 4.44. The molecule has 0 bridgehead atoms. The van der Waals surface area contributed by atoms with Gasteiger partial charge in [-0.15, -0.1) is 0 Å². The summed E-state index contributed by atoms with van der Waals surface area (Å²) in [6.45, 7) is 6.58. The molecule has 0 fully saturated rings. The van der Waals surface area contributed by atoms with Crippen molar-refractivity contribution in [2.75, 3.05) is 5.73 Å². The summed E-state index contributed by atoms with van der Waals surface area (Å²) in [6, 6.07) is 0.437. The lowest BCUT2D eigenvalue weighted by molar-refractivity contribution is 0.343. The molecule has 0 aromatic carbocycles. The number of rotatable bonds is 3. The number of hydrogen-bond donors (Lipinski definition) is 1. The van der Waals surface area contributed by atoms with Crippen molar-refractivity contribution in [2.45, 2.75) is 33.2 Å². The van der Waals surface area contributed by atoms with Crippen molar-refractivity contribution in [3.8, 4) is 0 Å². The van der Waals surface area contributed by atoms with E-state index in [0.29, 0.717) is 12.0 Å². The Labute approximate surface area is 73.6 Å². The Morgan fingerprint density at radius 1 is 1.58 bits per heavy atom. The summed E-state index contributed by atoms with van der Waals surface area (Å²) in [5, 5.41) is 4.18. The van der Waals surface area contributed by atoms with Crippen LogP contribution in [0.4, 0.5) is 5.69 Å². The number of nitrogens with zero attached hydrogens (tertiary/aromatic N) is 2. The fourth-order valence-corrected chi connectivity index (χ4v) is 1.18. The Hall–Kier alpha value is -0.990. The molecule has 3 nitrogen and oxygen atoms in total. The fourth-order valence-electron chi connectivity index (χ4n) is 1.18. The molecule has 1 aromatic heterocycles. The largest absolute Gasteiger partial charge is 0.396 e. The zero-order valence-corrected chi connectivity index (χ0v) is 7.99. The van der Waals surface area contributed by atoms with E-state index in [1.54, 1.807) is 6.20 Å². The third-order valence-corrected chi connectivity index (χ3v) is 2.51. The average molecular weight is 167 g/mol. The number of anilines is 1. The van der Waals surface area contributed by atoms with Gasteiger partial charge in [0.05, 0.1) is 17.9 Å². The van der Waals surface area contributed by atoms with Crippen LogP contribution in [-0.2, 0) is 0 Å². The van der Waals surface area contributed by atoms with E-state index >= 15 is 0 Å². The van der Waals surface area contributed by atoms with Crippen LogP contribution in [0.5, 0.6) is 0 Å². The molecule has 0 amide bonds. The summed E-state index contributed by atoms with van der Waals surface area (Å²) in [7, 11) is 0. The Morgan fingerprint density at radius 3 is 2.67 bits per heavy atom. The van der Waals surface area contributed by atoms with Crippen molar-refractivity contribution >= 4 is 5.69 Å². The minimum atomic E-state index is 0.437. The van der Waals surface area contributed by atoms with Crippen LogP contribution in [0.25, 0.3) is 0 Å². The van der Waals surface area contributed by atoms with E-state index in [1.165, 1.54) is 6.42 Å². The molecule has 1 heterocycles. The zero-order chi connectivity index (χ0) is 9.14. The Kier molecular flexibility index (Phi) is 2.74. The second-order valence-electron chi connectivity index (χ2n) is 3.38. The SMILES string of the molecule is CCC(C)C(C)n1cc(N)cn1. The first-order chi connectivity index (χ1) is 5.65. The van der Waals surface area contributed by atoms with Crippen LogP contribution in [0.15, 0.2) is 12.4 Å². The topological polar surface area (TPSA) is 43.8 Å². The van der Waals surface area contributed by atoms with Crippen LogP contribution in [0.3, 0.4) is 0 Å². The number of aromatic nitrogens is 2. The van der Waals surface area contributed by atoms with E-state index in [4.69, 9.17) is 5.73 Å². The van der Waals surface area contributed by atoms with Gasteiger partial charge in [-0.05, 0) is 12.8 Å². The lowest BCUT2D eigenvalue weighted by Gasteiger charge is -2.18. The minimum Gasteiger partial charge on any atom is -0.396 e. The minimum absolute atomic E-state index is 0.437. The van der Waals surface area contributed by atoms with Gasteiger partial charge in [-0.1, -0.05) is 20.3 Å². The standard InChI is InChI=1S/C9H17N3/c1-4-7(2)8(3)12-6-9(10)5-11-12/h5-8H,4,10H2,1-3H3. The van der Waals surface area contributed by atoms with Crippen molar-refractivity contribution < 1.29 is 0 Å². The van der Waals surface area contributed by atoms with Crippen LogP contribution in [-0.4, -0.2) is 9.78 Å². The van der Waals surface area contributed by atoms with Gasteiger partial charge in [-0.2, -0.15) is 5.10 Å². The van der Waals surface area contributed by atoms with Gasteiger partial charge in [0.15, 0.2) is 0 Å². The van der Waals surface area contributed by atoms with Crippen LogP contribution in [0, 0.1) is 5.92 Å². The van der Waals surface area contributed by atoms with E-state index in [9.17, 15) is 0 Å². The smallest absolute Gasteiger partial charge is 0.0719 e. The highest BCUT2D eigenvalue weighted by Gasteiger charge is 2.12. The van der Waals surface area contributed by atoms with E-state index in [2.05, 4.69) is 25.9 Å². The molecule has 68 valence electrons. The van der Waals surface area contributed by atoms with Crippen molar-refractivity contribution in [3.63, 3.8) is 0 Å². The van der Waals surface area contributed by atoms with Crippen LogP contribution >= 0.6 is 0 Å². The lowest BCUT2D eigenvalue weighted by Crippen LogP contribution is -2.13. The molecule has 12 heavy (non-hydrogen) atoms. The highest BCUT2D eigenvalue weighted by Crippen LogP contribution is 2.19. The molecule has 3 heteroatoms. The normalized spacial score (nSPS) is 15.9. The Balaban J connectivity index is 2.70. The van der Waals surface area contributed by atoms with Gasteiger partial charge in [-0.25, -0.2) is 0 Å². The van der Waals surface area contributed by atoms with Gasteiger partial charge in [0, 0.05) is 6.20 Å². The molecule has 0 spiro atoms. The summed E-state index contributed by atoms with van der Waals surface area (Å²) in [5.41, 5.74) is 6.32. The summed E-state index contributed by atoms with van der Waals surface area (Å²) in [6.07, 6.45) is 4.75. The number of nitrogens with two attached hydrogens (primary N) is 1. The molecule has 2 N–H and O–H groups in total. The zero-order valence-electron chi connectivity index (χ0n) is 7.99. The van der Waals surface area contributed by atoms with E-state index in [-0.39, 0.29) is 0 Å². The predicted octanol–water partition coefficient (Wildman–Crippen LogP) is 2.07. The quantitative estimate of drug-likeness (QED) is 0.749. The van der Waals surface area contributed by atoms with Crippen molar-refractivity contribution in [1.29, 1.82) is 0 Å². The third-order valence-electron chi connectivity index (χ3n) is 2.51. The number of nitrogen functional groups attached to an aromatic ring is 1. The molecule has 0 saturated heterocycles. The second kappa shape index (κ2) is 3.61. The fraction of sp³-hybridized carbons (Fsp3) is 0.667. The molecule has 0 saturated carbocycles. The highest BCUT2D eigenvalue weighted by molar-refractivity contribution is 5.30. The summed E-state index contributed by atoms with van der Waals surface area (Å²) in [5.74, 6) is 0.643. The molecular formula is C9H17N3. The lowest BCUT2D eigenvalue weighted by atomic mass is 10.0. The maximum absolute atomic E-state index is 5.57. The molecule has 0 aliphatic heterocycles. The molecule has 0 aliphatic carbocycles. The van der Waals surface area contributed by atoms with Crippen molar-refractivity contribution in [3.05, 3.63) is 12.4 Å². The molecular weight excluding hydrogens is 150 g/mol.